The van der Waals surface area contributed by atoms with E-state index in [-0.39, 0.29) is 6.61 Å². The summed E-state index contributed by atoms with van der Waals surface area (Å²) >= 11 is 0. The fourth-order valence-corrected chi connectivity index (χ4v) is 0.401. The smallest absolute Gasteiger partial charge is 0.374 e. The third-order valence-corrected chi connectivity index (χ3v) is 0.766. The molecule has 0 aliphatic heterocycles. The molecule has 0 heterocycles. The lowest BCUT2D eigenvalue weighted by atomic mass is 10.5. The average Bonchev–Trinajstić information content (AvgIpc) is 1.89. The fraction of sp³-hybridized carbons (Fsp3) is 0.500. The first-order valence-corrected chi connectivity index (χ1v) is 2.95. The molecule has 4 heteroatoms. The molecule has 4 nitrogen and oxygen atoms in total. The lowest BCUT2D eigenvalue weighted by Crippen LogP contribution is -2.09. The Kier molecular flexibility index (Phi) is 4.11. The summed E-state index contributed by atoms with van der Waals surface area (Å²) in [6.07, 6.45) is 1.16. The minimum absolute atomic E-state index is 0.264. The molecule has 0 amide bonds. The molecule has 0 saturated carbocycles. The standard InChI is InChI=1S/C6H11NO3/c1-3-10-6(9)5(8)4-7-2/h4,7-8H,3H2,1-2H3/b5-4-. The Morgan fingerprint density at radius 1 is 1.80 bits per heavy atom. The highest BCUT2D eigenvalue weighted by atomic mass is 16.5. The van der Waals surface area contributed by atoms with Crippen molar-refractivity contribution in [3.63, 3.8) is 0 Å². The number of hydrogen-bond acceptors (Lipinski definition) is 4. The Bertz CT molecular complexity index is 142. The van der Waals surface area contributed by atoms with Gasteiger partial charge in [0.1, 0.15) is 0 Å². The van der Waals surface area contributed by atoms with Gasteiger partial charge < -0.3 is 15.2 Å². The molecule has 0 aromatic heterocycles. The van der Waals surface area contributed by atoms with E-state index in [4.69, 9.17) is 5.11 Å². The Hall–Kier alpha value is -1.19. The number of carbonyl (C=O) groups is 1. The van der Waals surface area contributed by atoms with Gasteiger partial charge in [0.15, 0.2) is 0 Å². The van der Waals surface area contributed by atoms with Crippen molar-refractivity contribution < 1.29 is 14.6 Å². The molecule has 0 atom stereocenters. The molecule has 0 rings (SSSR count). The van der Waals surface area contributed by atoms with Gasteiger partial charge in [-0.3, -0.25) is 0 Å². The predicted molar refractivity (Wildman–Crippen MR) is 36.4 cm³/mol. The van der Waals surface area contributed by atoms with Crippen LogP contribution in [0.1, 0.15) is 6.92 Å². The first kappa shape index (κ1) is 8.81. The van der Waals surface area contributed by atoms with Crippen LogP contribution in [0.2, 0.25) is 0 Å². The summed E-state index contributed by atoms with van der Waals surface area (Å²) in [5.41, 5.74) is 0. The highest BCUT2D eigenvalue weighted by Gasteiger charge is 2.05. The molecule has 0 fully saturated rings. The van der Waals surface area contributed by atoms with Gasteiger partial charge >= 0.3 is 5.97 Å². The van der Waals surface area contributed by atoms with E-state index in [1.165, 1.54) is 0 Å². The molecule has 0 aliphatic rings. The SMILES string of the molecule is CCOC(=O)/C(O)=C/NC. The molecular formula is C6H11NO3. The monoisotopic (exact) mass is 145 g/mol. The van der Waals surface area contributed by atoms with Gasteiger partial charge in [-0.25, -0.2) is 4.79 Å². The Balaban J connectivity index is 3.82. The van der Waals surface area contributed by atoms with Crippen LogP contribution >= 0.6 is 0 Å². The molecule has 0 unspecified atom stereocenters. The zero-order chi connectivity index (χ0) is 7.98. The Morgan fingerprint density at radius 3 is 2.80 bits per heavy atom. The van der Waals surface area contributed by atoms with Crippen molar-refractivity contribution in [2.75, 3.05) is 13.7 Å². The number of nitrogens with one attached hydrogen (secondary N) is 1. The summed E-state index contributed by atoms with van der Waals surface area (Å²) in [5, 5.41) is 11.3. The molecule has 58 valence electrons. The van der Waals surface area contributed by atoms with Gasteiger partial charge in [0.2, 0.25) is 5.76 Å². The molecule has 0 aromatic rings. The third kappa shape index (κ3) is 2.96. The Labute approximate surface area is 59.5 Å². The summed E-state index contributed by atoms with van der Waals surface area (Å²) in [6.45, 7) is 1.94. The number of aliphatic hydroxyl groups excluding tert-OH is 1. The molecule has 0 saturated heterocycles. The molecular weight excluding hydrogens is 134 g/mol. The van der Waals surface area contributed by atoms with Crippen LogP contribution in [0.3, 0.4) is 0 Å². The van der Waals surface area contributed by atoms with E-state index < -0.39 is 11.7 Å². The predicted octanol–water partition coefficient (Wildman–Crippen LogP) is 0.168. The highest BCUT2D eigenvalue weighted by molar-refractivity contribution is 5.85. The summed E-state index contributed by atoms with van der Waals surface area (Å²) < 4.78 is 4.46. The van der Waals surface area contributed by atoms with E-state index in [0.717, 1.165) is 6.20 Å². The summed E-state index contributed by atoms with van der Waals surface area (Å²) in [6, 6.07) is 0. The van der Waals surface area contributed by atoms with E-state index in [2.05, 4.69) is 10.1 Å². The van der Waals surface area contributed by atoms with E-state index in [1.807, 2.05) is 0 Å². The molecule has 0 radical (unpaired) electrons. The maximum absolute atomic E-state index is 10.6. The lowest BCUT2D eigenvalue weighted by Gasteiger charge is -1.98. The second-order valence-electron chi connectivity index (χ2n) is 1.54. The fourth-order valence-electron chi connectivity index (χ4n) is 0.401. The molecule has 2 N–H and O–H groups in total. The van der Waals surface area contributed by atoms with Crippen LogP contribution in [0, 0.1) is 0 Å². The van der Waals surface area contributed by atoms with Crippen molar-refractivity contribution in [2.24, 2.45) is 0 Å². The van der Waals surface area contributed by atoms with Crippen LogP contribution < -0.4 is 5.32 Å². The van der Waals surface area contributed by atoms with Crippen LogP contribution in [0.4, 0.5) is 0 Å². The molecule has 0 spiro atoms. The van der Waals surface area contributed by atoms with Crippen LogP contribution in [0.15, 0.2) is 12.0 Å². The maximum atomic E-state index is 10.6. The van der Waals surface area contributed by atoms with Gasteiger partial charge in [-0.15, -0.1) is 0 Å². The van der Waals surface area contributed by atoms with Gasteiger partial charge in [0.05, 0.1) is 6.61 Å². The van der Waals surface area contributed by atoms with Gasteiger partial charge in [0, 0.05) is 13.2 Å². The van der Waals surface area contributed by atoms with Crippen LogP contribution in [0.5, 0.6) is 0 Å². The largest absolute Gasteiger partial charge is 0.501 e. The third-order valence-electron chi connectivity index (χ3n) is 0.766. The molecule has 0 bridgehead atoms. The van der Waals surface area contributed by atoms with Crippen molar-refractivity contribution in [1.82, 2.24) is 5.32 Å². The second kappa shape index (κ2) is 4.67. The summed E-state index contributed by atoms with van der Waals surface area (Å²) in [4.78, 5) is 10.6. The van der Waals surface area contributed by atoms with Crippen molar-refractivity contribution in [3.8, 4) is 0 Å². The van der Waals surface area contributed by atoms with Crippen molar-refractivity contribution >= 4 is 5.97 Å². The number of ether oxygens (including phenoxy) is 1. The van der Waals surface area contributed by atoms with E-state index in [0.29, 0.717) is 0 Å². The lowest BCUT2D eigenvalue weighted by molar-refractivity contribution is -0.141. The molecule has 0 aromatic carbocycles. The zero-order valence-electron chi connectivity index (χ0n) is 6.05. The topological polar surface area (TPSA) is 58.6 Å². The minimum atomic E-state index is -0.711. The zero-order valence-corrected chi connectivity index (χ0v) is 6.05. The van der Waals surface area contributed by atoms with E-state index >= 15 is 0 Å². The van der Waals surface area contributed by atoms with Gasteiger partial charge in [-0.05, 0) is 6.92 Å². The number of rotatable bonds is 3. The van der Waals surface area contributed by atoms with Gasteiger partial charge in [-0.2, -0.15) is 0 Å². The van der Waals surface area contributed by atoms with Crippen molar-refractivity contribution in [2.45, 2.75) is 6.92 Å². The van der Waals surface area contributed by atoms with Gasteiger partial charge in [0.25, 0.3) is 0 Å². The second-order valence-corrected chi connectivity index (χ2v) is 1.54. The van der Waals surface area contributed by atoms with Crippen LogP contribution in [-0.2, 0) is 9.53 Å². The first-order chi connectivity index (χ1) is 4.72. The van der Waals surface area contributed by atoms with Crippen LogP contribution in [0.25, 0.3) is 0 Å². The van der Waals surface area contributed by atoms with Crippen molar-refractivity contribution in [3.05, 3.63) is 12.0 Å². The minimum Gasteiger partial charge on any atom is -0.501 e. The number of esters is 1. The Morgan fingerprint density at radius 2 is 2.40 bits per heavy atom. The molecule has 0 aliphatic carbocycles. The van der Waals surface area contributed by atoms with E-state index in [9.17, 15) is 4.79 Å². The quantitative estimate of drug-likeness (QED) is 0.337. The van der Waals surface area contributed by atoms with Crippen molar-refractivity contribution in [1.29, 1.82) is 0 Å². The number of aliphatic hydroxyl groups is 1. The van der Waals surface area contributed by atoms with E-state index in [1.54, 1.807) is 14.0 Å². The highest BCUT2D eigenvalue weighted by Crippen LogP contribution is 1.89. The number of hydrogen-bond donors (Lipinski definition) is 2. The average molecular weight is 145 g/mol. The summed E-state index contributed by atoms with van der Waals surface area (Å²) in [5.74, 6) is -1.12. The first-order valence-electron chi connectivity index (χ1n) is 2.95. The maximum Gasteiger partial charge on any atom is 0.374 e. The molecule has 10 heavy (non-hydrogen) atoms. The van der Waals surface area contributed by atoms with Gasteiger partial charge in [-0.1, -0.05) is 0 Å². The normalized spacial score (nSPS) is 10.8. The number of carbonyl (C=O) groups excluding carboxylic acids is 1. The summed E-state index contributed by atoms with van der Waals surface area (Å²) in [7, 11) is 1.58. The van der Waals surface area contributed by atoms with Crippen LogP contribution in [-0.4, -0.2) is 24.7 Å².